The van der Waals surface area contributed by atoms with Crippen molar-refractivity contribution in [2.75, 3.05) is 0 Å². The lowest BCUT2D eigenvalue weighted by Gasteiger charge is -2.25. The first kappa shape index (κ1) is 19.6. The van der Waals surface area contributed by atoms with Crippen LogP contribution in [0.1, 0.15) is 67.1 Å². The van der Waals surface area contributed by atoms with Crippen LogP contribution in [0.5, 0.6) is 0 Å². The summed E-state index contributed by atoms with van der Waals surface area (Å²) in [6.45, 7) is 4.12. The highest BCUT2D eigenvalue weighted by atomic mass is 19.1. The average molecular weight is 394 g/mol. The number of aromatic nitrogens is 4. The Morgan fingerprint density at radius 1 is 1.41 bits per heavy atom. The summed E-state index contributed by atoms with van der Waals surface area (Å²) in [7, 11) is 1.89. The highest BCUT2D eigenvalue weighted by molar-refractivity contribution is 5.87. The van der Waals surface area contributed by atoms with Gasteiger partial charge in [-0.3, -0.25) is 9.78 Å². The van der Waals surface area contributed by atoms with Crippen molar-refractivity contribution in [1.82, 2.24) is 20.0 Å². The van der Waals surface area contributed by atoms with Crippen LogP contribution in [0.3, 0.4) is 0 Å². The SMILES string of the molecule is CCCc1[nH]nc(-c2cnn(C)c2)c1/C=C(\C)c1c(F)ccc2c1CCCC2N. The molecule has 2 heterocycles. The van der Waals surface area contributed by atoms with Crippen molar-refractivity contribution in [3.63, 3.8) is 0 Å². The lowest BCUT2D eigenvalue weighted by Crippen LogP contribution is -2.19. The zero-order chi connectivity index (χ0) is 20.5. The molecule has 3 N–H and O–H groups in total. The highest BCUT2D eigenvalue weighted by Crippen LogP contribution is 2.36. The van der Waals surface area contributed by atoms with Crippen LogP contribution in [0.15, 0.2) is 24.5 Å². The minimum absolute atomic E-state index is 0.0126. The van der Waals surface area contributed by atoms with Gasteiger partial charge in [-0.2, -0.15) is 10.2 Å². The predicted molar refractivity (Wildman–Crippen MR) is 115 cm³/mol. The minimum Gasteiger partial charge on any atom is -0.324 e. The van der Waals surface area contributed by atoms with Gasteiger partial charge < -0.3 is 5.73 Å². The number of nitrogens with two attached hydrogens (primary N) is 1. The summed E-state index contributed by atoms with van der Waals surface area (Å²) < 4.78 is 16.7. The molecule has 3 aromatic rings. The summed E-state index contributed by atoms with van der Waals surface area (Å²) >= 11 is 0. The molecule has 152 valence electrons. The molecular formula is C23H28FN5. The Morgan fingerprint density at radius 3 is 2.97 bits per heavy atom. The van der Waals surface area contributed by atoms with E-state index in [1.807, 2.05) is 32.4 Å². The molecule has 0 fully saturated rings. The van der Waals surface area contributed by atoms with E-state index in [1.165, 1.54) is 0 Å². The molecule has 4 rings (SSSR count). The van der Waals surface area contributed by atoms with E-state index in [0.29, 0.717) is 5.56 Å². The maximum Gasteiger partial charge on any atom is 0.130 e. The second kappa shape index (κ2) is 7.95. The molecule has 6 heteroatoms. The first-order chi connectivity index (χ1) is 14.0. The van der Waals surface area contributed by atoms with E-state index in [0.717, 1.165) is 71.3 Å². The number of allylic oxidation sites excluding steroid dienone is 1. The fourth-order valence-corrected chi connectivity index (χ4v) is 4.37. The van der Waals surface area contributed by atoms with Gasteiger partial charge in [-0.15, -0.1) is 0 Å². The topological polar surface area (TPSA) is 72.5 Å². The van der Waals surface area contributed by atoms with Crippen molar-refractivity contribution in [2.45, 2.75) is 52.0 Å². The molecule has 0 radical (unpaired) electrons. The number of aryl methyl sites for hydroxylation is 2. The Morgan fingerprint density at radius 2 is 2.24 bits per heavy atom. The summed E-state index contributed by atoms with van der Waals surface area (Å²) in [4.78, 5) is 0. The second-order valence-corrected chi connectivity index (χ2v) is 7.93. The third-order valence-corrected chi connectivity index (χ3v) is 5.76. The zero-order valence-electron chi connectivity index (χ0n) is 17.3. The van der Waals surface area contributed by atoms with Crippen LogP contribution in [-0.4, -0.2) is 20.0 Å². The number of hydrogen-bond donors (Lipinski definition) is 2. The molecule has 0 spiro atoms. The molecule has 0 saturated carbocycles. The number of hydrogen-bond acceptors (Lipinski definition) is 3. The van der Waals surface area contributed by atoms with Crippen molar-refractivity contribution < 1.29 is 4.39 Å². The number of nitrogens with one attached hydrogen (secondary N) is 1. The summed E-state index contributed by atoms with van der Waals surface area (Å²) in [5.74, 6) is -0.185. The molecule has 1 unspecified atom stereocenters. The van der Waals surface area contributed by atoms with E-state index in [2.05, 4.69) is 28.3 Å². The number of fused-ring (bicyclic) bond motifs is 1. The van der Waals surface area contributed by atoms with Gasteiger partial charge in [0.2, 0.25) is 0 Å². The van der Waals surface area contributed by atoms with E-state index in [1.54, 1.807) is 10.7 Å². The number of nitrogens with zero attached hydrogens (tertiary/aromatic N) is 3. The van der Waals surface area contributed by atoms with Gasteiger partial charge in [0.15, 0.2) is 0 Å². The molecule has 0 aliphatic heterocycles. The average Bonchev–Trinajstić information content (AvgIpc) is 3.28. The molecular weight excluding hydrogens is 365 g/mol. The lowest BCUT2D eigenvalue weighted by molar-refractivity contribution is 0.558. The first-order valence-electron chi connectivity index (χ1n) is 10.3. The molecule has 1 aliphatic carbocycles. The fourth-order valence-electron chi connectivity index (χ4n) is 4.37. The van der Waals surface area contributed by atoms with Crippen molar-refractivity contribution in [1.29, 1.82) is 0 Å². The summed E-state index contributed by atoms with van der Waals surface area (Å²) in [6, 6.07) is 3.40. The molecule has 29 heavy (non-hydrogen) atoms. The monoisotopic (exact) mass is 393 g/mol. The van der Waals surface area contributed by atoms with Crippen LogP contribution >= 0.6 is 0 Å². The van der Waals surface area contributed by atoms with Crippen LogP contribution in [-0.2, 0) is 19.9 Å². The third kappa shape index (κ3) is 3.65. The van der Waals surface area contributed by atoms with Crippen LogP contribution in [0.4, 0.5) is 4.39 Å². The summed E-state index contributed by atoms with van der Waals surface area (Å²) in [5, 5.41) is 12.0. The zero-order valence-corrected chi connectivity index (χ0v) is 17.3. The Bertz CT molecular complexity index is 1060. The highest BCUT2D eigenvalue weighted by Gasteiger charge is 2.23. The van der Waals surface area contributed by atoms with E-state index >= 15 is 0 Å². The first-order valence-corrected chi connectivity index (χ1v) is 10.3. The number of benzene rings is 1. The van der Waals surface area contributed by atoms with Gasteiger partial charge in [-0.1, -0.05) is 19.4 Å². The van der Waals surface area contributed by atoms with Crippen LogP contribution < -0.4 is 5.73 Å². The van der Waals surface area contributed by atoms with Crippen LogP contribution in [0.2, 0.25) is 0 Å². The predicted octanol–water partition coefficient (Wildman–Crippen LogP) is 4.80. The summed E-state index contributed by atoms with van der Waals surface area (Å²) in [5.41, 5.74) is 13.9. The molecule has 1 atom stereocenters. The van der Waals surface area contributed by atoms with Gasteiger partial charge >= 0.3 is 0 Å². The van der Waals surface area contributed by atoms with E-state index in [9.17, 15) is 4.39 Å². The molecule has 1 aliphatic rings. The second-order valence-electron chi connectivity index (χ2n) is 7.93. The van der Waals surface area contributed by atoms with Gasteiger partial charge in [-0.05, 0) is 61.4 Å². The molecule has 1 aromatic carbocycles. The Balaban J connectivity index is 1.85. The molecule has 5 nitrogen and oxygen atoms in total. The molecule has 0 amide bonds. The Kier molecular flexibility index (Phi) is 5.37. The number of aromatic amines is 1. The van der Waals surface area contributed by atoms with Crippen molar-refractivity contribution in [2.24, 2.45) is 12.8 Å². The van der Waals surface area contributed by atoms with Crippen molar-refractivity contribution >= 4 is 11.6 Å². The minimum atomic E-state index is -0.185. The van der Waals surface area contributed by atoms with Gasteiger partial charge in [0.25, 0.3) is 0 Å². The maximum absolute atomic E-state index is 14.9. The molecule has 2 aromatic heterocycles. The van der Waals surface area contributed by atoms with E-state index < -0.39 is 0 Å². The van der Waals surface area contributed by atoms with Gasteiger partial charge in [0.05, 0.1) is 6.20 Å². The largest absolute Gasteiger partial charge is 0.324 e. The van der Waals surface area contributed by atoms with Crippen LogP contribution in [0.25, 0.3) is 22.9 Å². The number of H-pyrrole nitrogens is 1. The quantitative estimate of drug-likeness (QED) is 0.654. The Hall–Kier alpha value is -2.73. The molecule has 0 bridgehead atoms. The summed E-state index contributed by atoms with van der Waals surface area (Å²) in [6.07, 6.45) is 10.5. The van der Waals surface area contributed by atoms with E-state index in [-0.39, 0.29) is 11.9 Å². The smallest absolute Gasteiger partial charge is 0.130 e. The molecule has 0 saturated heterocycles. The normalized spacial score (nSPS) is 16.9. The van der Waals surface area contributed by atoms with Gasteiger partial charge in [0, 0.05) is 41.7 Å². The van der Waals surface area contributed by atoms with Crippen molar-refractivity contribution in [3.8, 4) is 11.3 Å². The standard InChI is InChI=1S/C23H28FN5/c1-4-6-21-18(23(28-27-21)15-12-26-29(3)13-15)11-14(2)22-17-7-5-8-20(25)16(17)9-10-19(22)24/h9-13,20H,4-8,25H2,1-3H3,(H,27,28)/b14-11+. The number of rotatable bonds is 5. The van der Waals surface area contributed by atoms with Crippen LogP contribution in [0, 0.1) is 5.82 Å². The van der Waals surface area contributed by atoms with E-state index in [4.69, 9.17) is 5.73 Å². The number of halogens is 1. The Labute approximate surface area is 170 Å². The van der Waals surface area contributed by atoms with Crippen molar-refractivity contribution in [3.05, 3.63) is 58.3 Å². The third-order valence-electron chi connectivity index (χ3n) is 5.76. The fraction of sp³-hybridized carbons (Fsp3) is 0.391. The maximum atomic E-state index is 14.9. The van der Waals surface area contributed by atoms with Gasteiger partial charge in [0.1, 0.15) is 11.5 Å². The lowest BCUT2D eigenvalue weighted by atomic mass is 9.83. The van der Waals surface area contributed by atoms with Gasteiger partial charge in [-0.25, -0.2) is 4.39 Å².